The zero-order valence-electron chi connectivity index (χ0n) is 40.3. The lowest BCUT2D eigenvalue weighted by Crippen LogP contribution is -2.54. The zero-order chi connectivity index (χ0) is 57.7. The highest BCUT2D eigenvalue weighted by molar-refractivity contribution is 5.61. The van der Waals surface area contributed by atoms with Gasteiger partial charge in [-0.3, -0.25) is 0 Å². The van der Waals surface area contributed by atoms with Crippen LogP contribution < -0.4 is 18.9 Å². The van der Waals surface area contributed by atoms with Crippen molar-refractivity contribution in [1.82, 2.24) is 0 Å². The number of nitrogens with zero attached hydrogens (tertiary/aromatic N) is 4. The molecule has 0 amide bonds. The Balaban J connectivity index is 0.921. The van der Waals surface area contributed by atoms with Crippen LogP contribution in [0.25, 0.3) is 4.85 Å². The molecule has 0 aliphatic heterocycles. The lowest BCUT2D eigenvalue weighted by Gasteiger charge is -2.38. The maximum absolute atomic E-state index is 14.9. The molecule has 80 heavy (non-hydrogen) atoms. The average Bonchev–Trinajstić information content (AvgIpc) is 3.42. The van der Waals surface area contributed by atoms with Gasteiger partial charge in [-0.05, 0) is 150 Å². The van der Waals surface area contributed by atoms with Gasteiger partial charge in [0, 0.05) is 11.1 Å². The van der Waals surface area contributed by atoms with Gasteiger partial charge in [0.15, 0.2) is 0 Å². The molecule has 0 saturated heterocycles. The van der Waals surface area contributed by atoms with E-state index in [-0.39, 0.29) is 68.4 Å². The van der Waals surface area contributed by atoms with Crippen LogP contribution in [0, 0.1) is 52.4 Å². The fourth-order valence-electron chi connectivity index (χ4n) is 8.50. The minimum Gasteiger partial charge on any atom is -0.457 e. The van der Waals surface area contributed by atoms with E-state index in [9.17, 15) is 63.2 Å². The van der Waals surface area contributed by atoms with E-state index in [1.165, 1.54) is 84.9 Å². The first-order chi connectivity index (χ1) is 37.9. The fraction of sp³-hybridized carbons (Fsp3) is 0.100. The third kappa shape index (κ3) is 11.1. The smallest absolute Gasteiger partial charge is 0.411 e. The maximum Gasteiger partial charge on any atom is 0.411 e. The van der Waals surface area contributed by atoms with E-state index in [4.69, 9.17) is 30.8 Å². The molecule has 0 spiro atoms. The van der Waals surface area contributed by atoms with E-state index in [1.54, 1.807) is 12.1 Å². The number of alkyl halides is 12. The van der Waals surface area contributed by atoms with Crippen molar-refractivity contribution in [2.24, 2.45) is 0 Å². The standard InChI is InChI=1S/C60H30F12N4O4/c1-76-54-31-30-53(33-41(54)36-75)80-51-28-15-45(16-29-51)56(59(67,68)69,60(70,71)72)43-11-24-49(25-12-43)78-47-19-6-38(7-20-47)3-2-37-4-17-46(18-5-37)77-48-22-9-42(10-23-48)55(57(61,62)63,58(64,65)66)44-13-26-50(27-14-44)79-52-21-8-39(34-73)40(32-52)35-74/h4-33H. The van der Waals surface area contributed by atoms with Crippen LogP contribution in [0.4, 0.5) is 58.4 Å². The summed E-state index contributed by atoms with van der Waals surface area (Å²) < 4.78 is 201. The van der Waals surface area contributed by atoms with Crippen molar-refractivity contribution in [3.63, 3.8) is 0 Å². The van der Waals surface area contributed by atoms with Gasteiger partial charge in [-0.15, -0.1) is 0 Å². The first-order valence-electron chi connectivity index (χ1n) is 22.9. The summed E-state index contributed by atoms with van der Waals surface area (Å²) in [5, 5.41) is 27.7. The molecule has 398 valence electrons. The molecular formula is C60H30F12N4O4. The summed E-state index contributed by atoms with van der Waals surface area (Å²) >= 11 is 0. The van der Waals surface area contributed by atoms with Gasteiger partial charge in [-0.1, -0.05) is 66.4 Å². The lowest BCUT2D eigenvalue weighted by atomic mass is 9.73. The summed E-state index contributed by atoms with van der Waals surface area (Å²) in [6.45, 7) is 7.12. The summed E-state index contributed by atoms with van der Waals surface area (Å²) in [6.07, 6.45) is -23.6. The normalized spacial score (nSPS) is 11.8. The van der Waals surface area contributed by atoms with Crippen molar-refractivity contribution in [1.29, 1.82) is 15.8 Å². The molecule has 8 rings (SSSR count). The third-order valence-corrected chi connectivity index (χ3v) is 12.3. The molecule has 0 aliphatic carbocycles. The molecule has 0 unspecified atom stereocenters. The van der Waals surface area contributed by atoms with E-state index in [0.717, 1.165) is 48.5 Å². The van der Waals surface area contributed by atoms with Gasteiger partial charge >= 0.3 is 24.7 Å². The van der Waals surface area contributed by atoms with Crippen LogP contribution in [0.3, 0.4) is 0 Å². The van der Waals surface area contributed by atoms with E-state index >= 15 is 0 Å². The summed E-state index contributed by atoms with van der Waals surface area (Å²) in [5.41, 5.74) is -12.8. The predicted molar refractivity (Wildman–Crippen MR) is 264 cm³/mol. The average molecular weight is 1100 g/mol. The second kappa shape index (κ2) is 21.9. The Bertz CT molecular complexity index is 3520. The Morgan fingerprint density at radius 2 is 0.562 bits per heavy atom. The van der Waals surface area contributed by atoms with E-state index in [2.05, 4.69) is 16.7 Å². The Hall–Kier alpha value is -10.4. The number of nitriles is 3. The van der Waals surface area contributed by atoms with Crippen molar-refractivity contribution in [2.45, 2.75) is 35.5 Å². The number of ether oxygens (including phenoxy) is 4. The number of rotatable bonds is 12. The highest BCUT2D eigenvalue weighted by Gasteiger charge is 2.73. The predicted octanol–water partition coefficient (Wildman–Crippen LogP) is 17.2. The van der Waals surface area contributed by atoms with Crippen molar-refractivity contribution in [3.8, 4) is 76.0 Å². The maximum atomic E-state index is 14.9. The summed E-state index contributed by atoms with van der Waals surface area (Å²) in [6, 6.07) is 37.5. The number of hydrogen-bond acceptors (Lipinski definition) is 7. The summed E-state index contributed by atoms with van der Waals surface area (Å²) in [7, 11) is 0. The van der Waals surface area contributed by atoms with E-state index in [1.807, 2.05) is 6.07 Å². The molecule has 0 atom stereocenters. The second-order valence-electron chi connectivity index (χ2n) is 17.1. The Morgan fingerprint density at radius 1 is 0.312 bits per heavy atom. The molecule has 0 fully saturated rings. The lowest BCUT2D eigenvalue weighted by molar-refractivity contribution is -0.290. The molecule has 8 aromatic carbocycles. The first kappa shape index (κ1) is 55.9. The Labute approximate surface area is 446 Å². The van der Waals surface area contributed by atoms with Crippen molar-refractivity contribution < 1.29 is 71.6 Å². The topological polar surface area (TPSA) is 113 Å². The van der Waals surface area contributed by atoms with Crippen molar-refractivity contribution in [2.75, 3.05) is 0 Å². The molecule has 0 aliphatic rings. The van der Waals surface area contributed by atoms with E-state index < -0.39 is 57.8 Å². The first-order valence-corrected chi connectivity index (χ1v) is 22.9. The Kier molecular flexibility index (Phi) is 15.3. The van der Waals surface area contributed by atoms with Gasteiger partial charge < -0.3 is 18.9 Å². The molecule has 8 nitrogen and oxygen atoms in total. The molecule has 20 heteroatoms. The zero-order valence-corrected chi connectivity index (χ0v) is 40.3. The fourth-order valence-corrected chi connectivity index (χ4v) is 8.50. The number of halogens is 12. The van der Waals surface area contributed by atoms with Crippen LogP contribution in [0.2, 0.25) is 0 Å². The minimum absolute atomic E-state index is 0.0101. The van der Waals surface area contributed by atoms with Crippen LogP contribution in [-0.4, -0.2) is 24.7 Å². The van der Waals surface area contributed by atoms with Gasteiger partial charge in [-0.25, -0.2) is 4.85 Å². The van der Waals surface area contributed by atoms with Gasteiger partial charge in [0.25, 0.3) is 0 Å². The van der Waals surface area contributed by atoms with Crippen LogP contribution >= 0.6 is 0 Å². The highest BCUT2D eigenvalue weighted by Crippen LogP contribution is 2.58. The highest BCUT2D eigenvalue weighted by atomic mass is 19.4. The molecule has 0 aromatic heterocycles. The Morgan fingerprint density at radius 3 is 0.838 bits per heavy atom. The summed E-state index contributed by atoms with van der Waals surface area (Å²) in [4.78, 5) is 3.19. The minimum atomic E-state index is -5.89. The van der Waals surface area contributed by atoms with Crippen molar-refractivity contribution in [3.05, 3.63) is 243 Å². The summed E-state index contributed by atoms with van der Waals surface area (Å²) in [5.74, 6) is 5.63. The molecule has 0 N–H and O–H groups in total. The number of hydrogen-bond donors (Lipinski definition) is 0. The monoisotopic (exact) mass is 1100 g/mol. The van der Waals surface area contributed by atoms with Gasteiger partial charge in [0.1, 0.15) is 58.1 Å². The van der Waals surface area contributed by atoms with Gasteiger partial charge in [0.05, 0.1) is 29.3 Å². The van der Waals surface area contributed by atoms with Gasteiger partial charge in [0.2, 0.25) is 16.5 Å². The van der Waals surface area contributed by atoms with Crippen LogP contribution in [0.1, 0.15) is 50.1 Å². The molecule has 0 saturated carbocycles. The molecule has 0 heterocycles. The van der Waals surface area contributed by atoms with Crippen LogP contribution in [0.15, 0.2) is 182 Å². The molecular weight excluding hydrogens is 1070 g/mol. The molecule has 8 aromatic rings. The van der Waals surface area contributed by atoms with Crippen molar-refractivity contribution >= 4 is 5.69 Å². The second-order valence-corrected chi connectivity index (χ2v) is 17.1. The quantitative estimate of drug-likeness (QED) is 0.0680. The van der Waals surface area contributed by atoms with Crippen LogP contribution in [-0.2, 0) is 10.8 Å². The van der Waals surface area contributed by atoms with Crippen LogP contribution in [0.5, 0.6) is 46.0 Å². The third-order valence-electron chi connectivity index (χ3n) is 12.3. The number of benzene rings is 8. The molecule has 0 radical (unpaired) electrons. The molecule has 0 bridgehead atoms. The van der Waals surface area contributed by atoms with E-state index in [0.29, 0.717) is 59.7 Å². The largest absolute Gasteiger partial charge is 0.457 e. The SMILES string of the molecule is [C-]#[N+]c1ccc(Oc2ccc(C(c3ccc(Oc4ccc(C#Cc5ccc(Oc6ccc(C(c7ccc(Oc8ccc(C#N)c(C#N)c8)cc7)(C(F)(F)F)C(F)(F)F)cc6)cc5)cc4)cc3)(C(F)(F)F)C(F)(F)F)cc2)cc1C#N. The van der Waals surface area contributed by atoms with Gasteiger partial charge in [-0.2, -0.15) is 68.5 Å².